The fourth-order valence-corrected chi connectivity index (χ4v) is 2.21. The number of Topliss-reactive ketones (excluding diaryl/α,β-unsaturated/α-hetero) is 1. The molecule has 0 unspecified atom stereocenters. The van der Waals surface area contributed by atoms with E-state index in [0.717, 1.165) is 10.8 Å². The standard InChI is InChI=1S/C18H14O2/c19-18(13-20-15-9-2-1-3-10-15)17-12-6-8-14-7-4-5-11-16(14)17/h1-12H,13H2. The van der Waals surface area contributed by atoms with Crippen LogP contribution in [0.1, 0.15) is 10.4 Å². The third kappa shape index (κ3) is 2.54. The van der Waals surface area contributed by atoms with Crippen LogP contribution in [-0.4, -0.2) is 12.4 Å². The third-order valence-electron chi connectivity index (χ3n) is 3.20. The lowest BCUT2D eigenvalue weighted by atomic mass is 10.0. The molecule has 0 aliphatic rings. The molecule has 0 saturated heterocycles. The summed E-state index contributed by atoms with van der Waals surface area (Å²) < 4.78 is 5.52. The fraction of sp³-hybridized carbons (Fsp3) is 0.0556. The van der Waals surface area contributed by atoms with Crippen LogP contribution in [0.25, 0.3) is 10.8 Å². The number of hydrogen-bond acceptors (Lipinski definition) is 2. The van der Waals surface area contributed by atoms with Crippen molar-refractivity contribution in [3.8, 4) is 5.75 Å². The van der Waals surface area contributed by atoms with Crippen LogP contribution in [0, 0.1) is 0 Å². The lowest BCUT2D eigenvalue weighted by Crippen LogP contribution is -2.11. The molecule has 0 amide bonds. The largest absolute Gasteiger partial charge is 0.485 e. The van der Waals surface area contributed by atoms with Crippen molar-refractivity contribution in [2.45, 2.75) is 0 Å². The molecular weight excluding hydrogens is 248 g/mol. The molecule has 98 valence electrons. The van der Waals surface area contributed by atoms with Crippen LogP contribution in [0.4, 0.5) is 0 Å². The maximum atomic E-state index is 12.3. The van der Waals surface area contributed by atoms with Crippen molar-refractivity contribution in [3.05, 3.63) is 78.4 Å². The van der Waals surface area contributed by atoms with Crippen molar-refractivity contribution in [2.75, 3.05) is 6.61 Å². The predicted molar refractivity (Wildman–Crippen MR) is 80.2 cm³/mol. The zero-order chi connectivity index (χ0) is 13.8. The minimum absolute atomic E-state index is 0.00865. The van der Waals surface area contributed by atoms with Gasteiger partial charge in [-0.05, 0) is 22.9 Å². The maximum Gasteiger partial charge on any atom is 0.200 e. The van der Waals surface area contributed by atoms with Crippen LogP contribution < -0.4 is 4.74 Å². The highest BCUT2D eigenvalue weighted by Crippen LogP contribution is 2.19. The van der Waals surface area contributed by atoms with Gasteiger partial charge in [-0.3, -0.25) is 4.79 Å². The van der Waals surface area contributed by atoms with E-state index in [4.69, 9.17) is 4.74 Å². The summed E-state index contributed by atoms with van der Waals surface area (Å²) in [7, 11) is 0. The molecule has 3 aromatic rings. The molecule has 3 aromatic carbocycles. The summed E-state index contributed by atoms with van der Waals surface area (Å²) in [6, 6.07) is 23.0. The van der Waals surface area contributed by atoms with Gasteiger partial charge in [0, 0.05) is 5.56 Å². The average Bonchev–Trinajstić information content (AvgIpc) is 2.53. The van der Waals surface area contributed by atoms with E-state index in [1.54, 1.807) is 0 Å². The van der Waals surface area contributed by atoms with Crippen molar-refractivity contribution < 1.29 is 9.53 Å². The van der Waals surface area contributed by atoms with E-state index in [1.165, 1.54) is 0 Å². The summed E-state index contributed by atoms with van der Waals surface area (Å²) >= 11 is 0. The molecule has 0 heterocycles. The molecule has 20 heavy (non-hydrogen) atoms. The topological polar surface area (TPSA) is 26.3 Å². The van der Waals surface area contributed by atoms with Gasteiger partial charge >= 0.3 is 0 Å². The number of hydrogen-bond donors (Lipinski definition) is 0. The molecule has 0 radical (unpaired) electrons. The highest BCUT2D eigenvalue weighted by molar-refractivity contribution is 6.08. The summed E-state index contributed by atoms with van der Waals surface area (Å²) in [6.45, 7) is 0.0536. The van der Waals surface area contributed by atoms with Gasteiger partial charge in [-0.15, -0.1) is 0 Å². The molecule has 2 heteroatoms. The smallest absolute Gasteiger partial charge is 0.200 e. The fourth-order valence-electron chi connectivity index (χ4n) is 2.21. The molecule has 0 spiro atoms. The van der Waals surface area contributed by atoms with Gasteiger partial charge in [-0.25, -0.2) is 0 Å². The van der Waals surface area contributed by atoms with Crippen LogP contribution in [0.5, 0.6) is 5.75 Å². The molecule has 0 aromatic heterocycles. The van der Waals surface area contributed by atoms with E-state index in [9.17, 15) is 4.79 Å². The monoisotopic (exact) mass is 262 g/mol. The second kappa shape index (κ2) is 5.57. The summed E-state index contributed by atoms with van der Waals surface area (Å²) in [6.07, 6.45) is 0. The van der Waals surface area contributed by atoms with Crippen molar-refractivity contribution in [1.82, 2.24) is 0 Å². The molecule has 0 aliphatic carbocycles. The lowest BCUT2D eigenvalue weighted by molar-refractivity contribution is 0.0923. The van der Waals surface area contributed by atoms with Gasteiger partial charge in [-0.2, -0.15) is 0 Å². The molecule has 0 saturated carbocycles. The first-order chi connectivity index (χ1) is 9.84. The van der Waals surface area contributed by atoms with Gasteiger partial charge in [0.2, 0.25) is 5.78 Å². The molecule has 2 nitrogen and oxygen atoms in total. The Morgan fingerprint density at radius 1 is 0.800 bits per heavy atom. The van der Waals surface area contributed by atoms with Crippen molar-refractivity contribution in [2.24, 2.45) is 0 Å². The Kier molecular flexibility index (Phi) is 3.46. The number of ether oxygens (including phenoxy) is 1. The van der Waals surface area contributed by atoms with E-state index >= 15 is 0 Å². The van der Waals surface area contributed by atoms with Gasteiger partial charge < -0.3 is 4.74 Å². The molecule has 0 aliphatic heterocycles. The Morgan fingerprint density at radius 3 is 2.35 bits per heavy atom. The second-order valence-corrected chi connectivity index (χ2v) is 4.55. The van der Waals surface area contributed by atoms with Crippen LogP contribution in [0.2, 0.25) is 0 Å². The number of benzene rings is 3. The quantitative estimate of drug-likeness (QED) is 0.662. The van der Waals surface area contributed by atoms with Gasteiger partial charge in [-0.1, -0.05) is 60.7 Å². The highest BCUT2D eigenvalue weighted by atomic mass is 16.5. The predicted octanol–water partition coefficient (Wildman–Crippen LogP) is 4.10. The molecule has 3 rings (SSSR count). The number of ketones is 1. The van der Waals surface area contributed by atoms with E-state index in [0.29, 0.717) is 11.3 Å². The number of carbonyl (C=O) groups is 1. The first kappa shape index (κ1) is 12.4. The Labute approximate surface area is 117 Å². The SMILES string of the molecule is O=C(COc1ccccc1)c1cccc2ccccc12. The summed E-state index contributed by atoms with van der Waals surface area (Å²) in [5.41, 5.74) is 0.707. The van der Waals surface area contributed by atoms with Crippen molar-refractivity contribution in [3.63, 3.8) is 0 Å². The van der Waals surface area contributed by atoms with E-state index in [2.05, 4.69) is 0 Å². The molecule has 0 fully saturated rings. The van der Waals surface area contributed by atoms with Crippen LogP contribution in [0.15, 0.2) is 72.8 Å². The van der Waals surface area contributed by atoms with Crippen LogP contribution in [-0.2, 0) is 0 Å². The lowest BCUT2D eigenvalue weighted by Gasteiger charge is -2.07. The average molecular weight is 262 g/mol. The van der Waals surface area contributed by atoms with Crippen molar-refractivity contribution in [1.29, 1.82) is 0 Å². The number of rotatable bonds is 4. The third-order valence-corrected chi connectivity index (χ3v) is 3.20. The zero-order valence-electron chi connectivity index (χ0n) is 11.0. The minimum atomic E-state index is -0.00865. The van der Waals surface area contributed by atoms with Crippen LogP contribution in [0.3, 0.4) is 0 Å². The Hall–Kier alpha value is -2.61. The van der Waals surface area contributed by atoms with Gasteiger partial charge in [0.1, 0.15) is 5.75 Å². The minimum Gasteiger partial charge on any atom is -0.485 e. The molecule has 0 atom stereocenters. The summed E-state index contributed by atoms with van der Waals surface area (Å²) in [5, 5.41) is 2.04. The first-order valence-electron chi connectivity index (χ1n) is 6.53. The van der Waals surface area contributed by atoms with E-state index < -0.39 is 0 Å². The Morgan fingerprint density at radius 2 is 1.50 bits per heavy atom. The normalized spacial score (nSPS) is 10.4. The summed E-state index contributed by atoms with van der Waals surface area (Å²) in [5.74, 6) is 0.701. The number of fused-ring (bicyclic) bond motifs is 1. The second-order valence-electron chi connectivity index (χ2n) is 4.55. The molecule has 0 bridgehead atoms. The molecule has 0 N–H and O–H groups in total. The number of carbonyl (C=O) groups excluding carboxylic acids is 1. The zero-order valence-corrected chi connectivity index (χ0v) is 11.0. The van der Waals surface area contributed by atoms with Crippen LogP contribution >= 0.6 is 0 Å². The Balaban J connectivity index is 1.82. The van der Waals surface area contributed by atoms with Gasteiger partial charge in [0.15, 0.2) is 6.61 Å². The van der Waals surface area contributed by atoms with E-state index in [1.807, 2.05) is 72.8 Å². The van der Waals surface area contributed by atoms with Gasteiger partial charge in [0.05, 0.1) is 0 Å². The highest BCUT2D eigenvalue weighted by Gasteiger charge is 2.10. The number of para-hydroxylation sites is 1. The first-order valence-corrected chi connectivity index (χ1v) is 6.53. The van der Waals surface area contributed by atoms with Gasteiger partial charge in [0.25, 0.3) is 0 Å². The molecular formula is C18H14O2. The Bertz CT molecular complexity index is 727. The summed E-state index contributed by atoms with van der Waals surface area (Å²) in [4.78, 5) is 12.3. The van der Waals surface area contributed by atoms with E-state index in [-0.39, 0.29) is 12.4 Å². The maximum absolute atomic E-state index is 12.3. The van der Waals surface area contributed by atoms with Crippen molar-refractivity contribution >= 4 is 16.6 Å².